The molecule has 2 aliphatic rings. The van der Waals surface area contributed by atoms with Gasteiger partial charge in [0, 0.05) is 0 Å². The number of esters is 1. The van der Waals surface area contributed by atoms with E-state index < -0.39 is 5.54 Å². The predicted molar refractivity (Wildman–Crippen MR) is 67.5 cm³/mol. The maximum absolute atomic E-state index is 12.0. The van der Waals surface area contributed by atoms with Crippen LogP contribution in [0.25, 0.3) is 0 Å². The molecule has 0 aromatic rings. The first-order valence-corrected chi connectivity index (χ1v) is 7.17. The van der Waals surface area contributed by atoms with Crippen molar-refractivity contribution in [1.82, 2.24) is 0 Å². The van der Waals surface area contributed by atoms with Crippen LogP contribution in [0.3, 0.4) is 0 Å². The third-order valence-electron chi connectivity index (χ3n) is 4.33. The van der Waals surface area contributed by atoms with E-state index in [-0.39, 0.29) is 5.97 Å². The van der Waals surface area contributed by atoms with Crippen molar-refractivity contribution in [2.24, 2.45) is 11.7 Å². The molecule has 0 radical (unpaired) electrons. The van der Waals surface area contributed by atoms with Gasteiger partial charge in [-0.2, -0.15) is 0 Å². The average molecular weight is 239 g/mol. The van der Waals surface area contributed by atoms with Crippen LogP contribution in [0.1, 0.15) is 64.2 Å². The summed E-state index contributed by atoms with van der Waals surface area (Å²) < 4.78 is 5.46. The van der Waals surface area contributed by atoms with Crippen molar-refractivity contribution in [3.8, 4) is 0 Å². The number of hydrogen-bond donors (Lipinski definition) is 1. The molecule has 2 rings (SSSR count). The number of nitrogens with two attached hydrogens (primary N) is 1. The number of hydrogen-bond acceptors (Lipinski definition) is 3. The van der Waals surface area contributed by atoms with Crippen LogP contribution in [0.5, 0.6) is 0 Å². The quantitative estimate of drug-likeness (QED) is 0.770. The Morgan fingerprint density at radius 3 is 2.29 bits per heavy atom. The normalized spacial score (nSPS) is 25.5. The average Bonchev–Trinajstić information content (AvgIpc) is 2.38. The third kappa shape index (κ3) is 3.44. The lowest BCUT2D eigenvalue weighted by Crippen LogP contribution is -2.50. The zero-order valence-electron chi connectivity index (χ0n) is 10.7. The molecule has 0 aromatic carbocycles. The predicted octanol–water partition coefficient (Wildman–Crippen LogP) is 2.77. The highest BCUT2D eigenvalue weighted by Crippen LogP contribution is 2.28. The van der Waals surface area contributed by atoms with Crippen LogP contribution < -0.4 is 5.73 Å². The van der Waals surface area contributed by atoms with E-state index in [4.69, 9.17) is 10.5 Å². The molecule has 2 saturated carbocycles. The SMILES string of the molecule is NC1(C(=O)OCC2CCCCC2)CCCCC1. The Bertz CT molecular complexity index is 253. The zero-order chi connectivity index (χ0) is 12.1. The first-order chi connectivity index (χ1) is 8.21. The maximum atomic E-state index is 12.0. The first kappa shape index (κ1) is 12.9. The Labute approximate surface area is 104 Å². The van der Waals surface area contributed by atoms with Crippen molar-refractivity contribution < 1.29 is 9.53 Å². The van der Waals surface area contributed by atoms with Crippen LogP contribution in [0.2, 0.25) is 0 Å². The highest BCUT2D eigenvalue weighted by Gasteiger charge is 2.37. The molecule has 0 heterocycles. The maximum Gasteiger partial charge on any atom is 0.326 e. The molecular weight excluding hydrogens is 214 g/mol. The third-order valence-corrected chi connectivity index (χ3v) is 4.33. The smallest absolute Gasteiger partial charge is 0.326 e. The van der Waals surface area contributed by atoms with Crippen molar-refractivity contribution in [1.29, 1.82) is 0 Å². The fraction of sp³-hybridized carbons (Fsp3) is 0.929. The number of rotatable bonds is 3. The van der Waals surface area contributed by atoms with Gasteiger partial charge in [-0.25, -0.2) is 0 Å². The summed E-state index contributed by atoms with van der Waals surface area (Å²) in [7, 11) is 0. The molecule has 17 heavy (non-hydrogen) atoms. The molecule has 2 N–H and O–H groups in total. The van der Waals surface area contributed by atoms with Crippen LogP contribution in [0.4, 0.5) is 0 Å². The van der Waals surface area contributed by atoms with E-state index >= 15 is 0 Å². The Balaban J connectivity index is 1.75. The number of ether oxygens (including phenoxy) is 1. The van der Waals surface area contributed by atoms with Crippen molar-refractivity contribution in [3.63, 3.8) is 0 Å². The van der Waals surface area contributed by atoms with Crippen LogP contribution in [0.15, 0.2) is 0 Å². The molecule has 0 aliphatic heterocycles. The highest BCUT2D eigenvalue weighted by molar-refractivity contribution is 5.80. The Morgan fingerprint density at radius 2 is 1.65 bits per heavy atom. The summed E-state index contributed by atoms with van der Waals surface area (Å²) in [5.74, 6) is 0.433. The second-order valence-corrected chi connectivity index (χ2v) is 5.82. The number of carbonyl (C=O) groups excluding carboxylic acids is 1. The lowest BCUT2D eigenvalue weighted by Gasteiger charge is -2.31. The van der Waals surface area contributed by atoms with Crippen molar-refractivity contribution in [2.45, 2.75) is 69.7 Å². The molecular formula is C14H25NO2. The number of carbonyl (C=O) groups is 1. The van der Waals surface area contributed by atoms with Gasteiger partial charge in [0.05, 0.1) is 6.61 Å². The minimum atomic E-state index is -0.674. The van der Waals surface area contributed by atoms with E-state index in [0.29, 0.717) is 12.5 Å². The topological polar surface area (TPSA) is 52.3 Å². The van der Waals surface area contributed by atoms with Gasteiger partial charge in [-0.1, -0.05) is 38.5 Å². The standard InChI is InChI=1S/C14H25NO2/c15-14(9-5-2-6-10-14)13(16)17-11-12-7-3-1-4-8-12/h12H,1-11,15H2. The van der Waals surface area contributed by atoms with Gasteiger partial charge in [0.15, 0.2) is 0 Å². The van der Waals surface area contributed by atoms with E-state index in [9.17, 15) is 4.79 Å². The Hall–Kier alpha value is -0.570. The van der Waals surface area contributed by atoms with E-state index in [1.54, 1.807) is 0 Å². The minimum absolute atomic E-state index is 0.150. The van der Waals surface area contributed by atoms with E-state index in [0.717, 1.165) is 25.7 Å². The zero-order valence-corrected chi connectivity index (χ0v) is 10.7. The first-order valence-electron chi connectivity index (χ1n) is 7.17. The summed E-state index contributed by atoms with van der Waals surface area (Å²) in [6, 6.07) is 0. The molecule has 0 aromatic heterocycles. The van der Waals surface area contributed by atoms with Gasteiger partial charge in [0.1, 0.15) is 5.54 Å². The van der Waals surface area contributed by atoms with Gasteiger partial charge in [0.25, 0.3) is 0 Å². The molecule has 0 bridgehead atoms. The molecule has 3 heteroatoms. The molecule has 98 valence electrons. The van der Waals surface area contributed by atoms with Gasteiger partial charge < -0.3 is 10.5 Å². The second-order valence-electron chi connectivity index (χ2n) is 5.82. The molecule has 0 atom stereocenters. The van der Waals surface area contributed by atoms with Gasteiger partial charge in [0.2, 0.25) is 0 Å². The summed E-state index contributed by atoms with van der Waals surface area (Å²) in [5, 5.41) is 0. The van der Waals surface area contributed by atoms with Crippen molar-refractivity contribution >= 4 is 5.97 Å². The summed E-state index contributed by atoms with van der Waals surface area (Å²) in [6.45, 7) is 0.595. The van der Waals surface area contributed by atoms with Crippen LogP contribution in [-0.4, -0.2) is 18.1 Å². The van der Waals surface area contributed by atoms with E-state index in [2.05, 4.69) is 0 Å². The monoisotopic (exact) mass is 239 g/mol. The van der Waals surface area contributed by atoms with Gasteiger partial charge in [-0.05, 0) is 31.6 Å². The van der Waals surface area contributed by atoms with Gasteiger partial charge in [-0.3, -0.25) is 4.79 Å². The lowest BCUT2D eigenvalue weighted by molar-refractivity contribution is -0.153. The van der Waals surface area contributed by atoms with Gasteiger partial charge in [-0.15, -0.1) is 0 Å². The molecule has 0 saturated heterocycles. The summed E-state index contributed by atoms with van der Waals surface area (Å²) >= 11 is 0. The summed E-state index contributed by atoms with van der Waals surface area (Å²) in [6.07, 6.45) is 11.3. The minimum Gasteiger partial charge on any atom is -0.464 e. The van der Waals surface area contributed by atoms with Crippen LogP contribution in [-0.2, 0) is 9.53 Å². The fourth-order valence-electron chi connectivity index (χ4n) is 3.08. The molecule has 0 spiro atoms. The second kappa shape index (κ2) is 5.85. The highest BCUT2D eigenvalue weighted by atomic mass is 16.5. The lowest BCUT2D eigenvalue weighted by atomic mass is 9.82. The van der Waals surface area contributed by atoms with E-state index in [1.165, 1.54) is 38.5 Å². The summed E-state index contributed by atoms with van der Waals surface area (Å²) in [4.78, 5) is 12.0. The van der Waals surface area contributed by atoms with Crippen LogP contribution >= 0.6 is 0 Å². The van der Waals surface area contributed by atoms with Crippen LogP contribution in [0, 0.1) is 5.92 Å². The Morgan fingerprint density at radius 1 is 1.06 bits per heavy atom. The largest absolute Gasteiger partial charge is 0.464 e. The van der Waals surface area contributed by atoms with Gasteiger partial charge >= 0.3 is 5.97 Å². The van der Waals surface area contributed by atoms with E-state index in [1.807, 2.05) is 0 Å². The molecule has 3 nitrogen and oxygen atoms in total. The molecule has 2 fully saturated rings. The van der Waals surface area contributed by atoms with Crippen molar-refractivity contribution in [3.05, 3.63) is 0 Å². The molecule has 0 amide bonds. The molecule has 2 aliphatic carbocycles. The Kier molecular flexibility index (Phi) is 4.43. The summed E-state index contributed by atoms with van der Waals surface area (Å²) in [5.41, 5.74) is 5.47. The fourth-order valence-corrected chi connectivity index (χ4v) is 3.08. The van der Waals surface area contributed by atoms with Crippen molar-refractivity contribution in [2.75, 3.05) is 6.61 Å². The molecule has 0 unspecified atom stereocenters.